The number of methoxy groups -OCH3 is 1. The zero-order valence-corrected chi connectivity index (χ0v) is 25.5. The van der Waals surface area contributed by atoms with Crippen LogP contribution in [0, 0.1) is 11.3 Å². The molecule has 4 aromatic rings. The molecule has 2 aliphatic rings. The lowest BCUT2D eigenvalue weighted by Gasteiger charge is -2.37. The van der Waals surface area contributed by atoms with Crippen molar-refractivity contribution in [3.63, 3.8) is 0 Å². The zero-order valence-electron chi connectivity index (χ0n) is 25.5. The van der Waals surface area contributed by atoms with E-state index in [0.29, 0.717) is 42.2 Å². The Kier molecular flexibility index (Phi) is 8.78. The van der Waals surface area contributed by atoms with E-state index in [1.54, 1.807) is 19.2 Å². The number of carbonyl (C=O) groups excluding carboxylic acids is 2. The number of hydrogen-bond donors (Lipinski definition) is 2. The van der Waals surface area contributed by atoms with Gasteiger partial charge < -0.3 is 30.0 Å². The van der Waals surface area contributed by atoms with Crippen LogP contribution in [0.3, 0.4) is 0 Å². The molecule has 0 spiro atoms. The molecule has 2 aromatic heterocycles. The second-order valence-electron chi connectivity index (χ2n) is 11.7. The molecule has 0 bridgehead atoms. The summed E-state index contributed by atoms with van der Waals surface area (Å²) >= 11 is 0. The highest BCUT2D eigenvalue weighted by Gasteiger charge is 2.33. The number of nitriles is 1. The molecule has 1 aliphatic carbocycles. The lowest BCUT2D eigenvalue weighted by molar-refractivity contribution is -0.127. The summed E-state index contributed by atoms with van der Waals surface area (Å²) in [5.74, 6) is 0.0796. The fraction of sp³-hybridized carbons (Fsp3) is 0.382. The molecule has 3 heterocycles. The molecule has 2 unspecified atom stereocenters. The quantitative estimate of drug-likeness (QED) is 0.250. The first-order valence-corrected chi connectivity index (χ1v) is 15.4. The number of rotatable bonds is 9. The van der Waals surface area contributed by atoms with Crippen LogP contribution in [-0.2, 0) is 16.0 Å². The Morgan fingerprint density at radius 2 is 1.76 bits per heavy atom. The van der Waals surface area contributed by atoms with Crippen molar-refractivity contribution < 1.29 is 19.1 Å². The minimum atomic E-state index is -0.375. The second kappa shape index (κ2) is 13.1. The Bertz CT molecular complexity index is 1730. The van der Waals surface area contributed by atoms with Crippen molar-refractivity contribution in [2.24, 2.45) is 5.73 Å². The maximum absolute atomic E-state index is 14.5. The van der Waals surface area contributed by atoms with Gasteiger partial charge in [0.1, 0.15) is 29.5 Å². The minimum absolute atomic E-state index is 0.0646. The SMILES string of the molecule is CNc1nc(C#N)nc2c1cc(C(=O)N(Cc1ccc(-c3ccc(C(=O)OC)cc3)cc1)CC1CC(N)O1)n2C1CCCCC1. The normalized spacial score (nSPS) is 18.2. The molecule has 1 amide bonds. The lowest BCUT2D eigenvalue weighted by atomic mass is 9.95. The van der Waals surface area contributed by atoms with Crippen LogP contribution in [0.25, 0.3) is 22.2 Å². The van der Waals surface area contributed by atoms with Gasteiger partial charge in [-0.2, -0.15) is 5.26 Å². The molecule has 0 radical (unpaired) electrons. The first-order valence-electron chi connectivity index (χ1n) is 15.4. The average molecular weight is 608 g/mol. The number of esters is 1. The number of nitrogens with zero attached hydrogens (tertiary/aromatic N) is 5. The summed E-state index contributed by atoms with van der Waals surface area (Å²) < 4.78 is 12.6. The topological polar surface area (TPSA) is 148 Å². The van der Waals surface area contributed by atoms with Crippen molar-refractivity contribution in [3.05, 3.63) is 77.2 Å². The Balaban J connectivity index is 1.33. The molecular formula is C34H37N7O4. The summed E-state index contributed by atoms with van der Waals surface area (Å²) in [4.78, 5) is 37.1. The highest BCUT2D eigenvalue weighted by Crippen LogP contribution is 2.36. The maximum Gasteiger partial charge on any atom is 0.337 e. The molecule has 232 valence electrons. The first-order chi connectivity index (χ1) is 21.9. The number of ether oxygens (including phenoxy) is 2. The van der Waals surface area contributed by atoms with Crippen molar-refractivity contribution >= 4 is 28.7 Å². The second-order valence-corrected chi connectivity index (χ2v) is 11.7. The third-order valence-electron chi connectivity index (χ3n) is 8.73. The summed E-state index contributed by atoms with van der Waals surface area (Å²) in [7, 11) is 3.12. The number of amides is 1. The van der Waals surface area contributed by atoms with E-state index < -0.39 is 0 Å². The van der Waals surface area contributed by atoms with Gasteiger partial charge in [0.15, 0.2) is 0 Å². The van der Waals surface area contributed by atoms with Gasteiger partial charge in [0.2, 0.25) is 5.82 Å². The van der Waals surface area contributed by atoms with Crippen LogP contribution in [0.1, 0.15) is 76.8 Å². The number of aromatic nitrogens is 3. The number of nitrogens with one attached hydrogen (secondary N) is 1. The van der Waals surface area contributed by atoms with Crippen molar-refractivity contribution in [3.8, 4) is 17.2 Å². The maximum atomic E-state index is 14.5. The summed E-state index contributed by atoms with van der Waals surface area (Å²) in [5.41, 5.74) is 10.5. The average Bonchev–Trinajstić information content (AvgIpc) is 3.46. The van der Waals surface area contributed by atoms with Gasteiger partial charge in [-0.05, 0) is 47.7 Å². The number of carbonyl (C=O) groups is 2. The van der Waals surface area contributed by atoms with E-state index in [1.165, 1.54) is 7.11 Å². The highest BCUT2D eigenvalue weighted by molar-refractivity contribution is 6.01. The minimum Gasteiger partial charge on any atom is -0.465 e. The number of nitrogens with two attached hydrogens (primary N) is 1. The summed E-state index contributed by atoms with van der Waals surface area (Å²) in [5, 5.41) is 13.4. The van der Waals surface area contributed by atoms with E-state index in [9.17, 15) is 14.9 Å². The standard InChI is InChI=1S/C34H37N7O4/c1-37-31-27-17-28(41(25-6-4-3-5-7-25)32(27)39-30(18-35)38-31)33(42)40(20-26-16-29(36)45-26)19-21-8-10-22(11-9-21)23-12-14-24(15-13-23)34(43)44-2/h8-15,17,25-26,29H,3-7,16,19-20,36H2,1-2H3,(H,37,38,39). The third kappa shape index (κ3) is 6.25. The molecule has 45 heavy (non-hydrogen) atoms. The van der Waals surface area contributed by atoms with Crippen LogP contribution in [0.2, 0.25) is 0 Å². The van der Waals surface area contributed by atoms with Crippen LogP contribution >= 0.6 is 0 Å². The summed E-state index contributed by atoms with van der Waals surface area (Å²) in [6.07, 6.45) is 5.39. The Morgan fingerprint density at radius 1 is 1.09 bits per heavy atom. The van der Waals surface area contributed by atoms with Gasteiger partial charge in [-0.3, -0.25) is 4.79 Å². The third-order valence-corrected chi connectivity index (χ3v) is 8.73. The Morgan fingerprint density at radius 3 is 2.36 bits per heavy atom. The predicted molar refractivity (Wildman–Crippen MR) is 169 cm³/mol. The number of benzene rings is 2. The molecule has 2 aromatic carbocycles. The van der Waals surface area contributed by atoms with E-state index >= 15 is 0 Å². The number of fused-ring (bicyclic) bond motifs is 1. The molecule has 1 saturated carbocycles. The Hall–Kier alpha value is -4.79. The van der Waals surface area contributed by atoms with Crippen LogP contribution in [0.4, 0.5) is 5.82 Å². The van der Waals surface area contributed by atoms with Crippen LogP contribution in [0.5, 0.6) is 0 Å². The molecule has 6 rings (SSSR count). The van der Waals surface area contributed by atoms with Crippen LogP contribution in [0.15, 0.2) is 54.6 Å². The zero-order chi connectivity index (χ0) is 31.5. The molecule has 2 fully saturated rings. The van der Waals surface area contributed by atoms with E-state index in [4.69, 9.17) is 15.2 Å². The van der Waals surface area contributed by atoms with E-state index in [0.717, 1.165) is 54.2 Å². The van der Waals surface area contributed by atoms with Crippen LogP contribution in [-0.4, -0.2) is 64.3 Å². The molecule has 1 saturated heterocycles. The highest BCUT2D eigenvalue weighted by atomic mass is 16.5. The molecule has 2 atom stereocenters. The summed E-state index contributed by atoms with van der Waals surface area (Å²) in [6.45, 7) is 0.763. The molecule has 11 nitrogen and oxygen atoms in total. The molecule has 3 N–H and O–H groups in total. The van der Waals surface area contributed by atoms with Crippen molar-refractivity contribution in [1.29, 1.82) is 5.26 Å². The fourth-order valence-corrected chi connectivity index (χ4v) is 6.39. The predicted octanol–water partition coefficient (Wildman–Crippen LogP) is 5.02. The molecular weight excluding hydrogens is 570 g/mol. The van der Waals surface area contributed by atoms with Gasteiger partial charge in [0.05, 0.1) is 24.2 Å². The largest absolute Gasteiger partial charge is 0.465 e. The molecule has 11 heteroatoms. The van der Waals surface area contributed by atoms with Crippen LogP contribution < -0.4 is 11.1 Å². The van der Waals surface area contributed by atoms with E-state index in [1.807, 2.05) is 51.9 Å². The van der Waals surface area contributed by atoms with Gasteiger partial charge in [-0.25, -0.2) is 14.8 Å². The van der Waals surface area contributed by atoms with Crippen molar-refractivity contribution in [2.45, 2.75) is 63.4 Å². The van der Waals surface area contributed by atoms with E-state index in [2.05, 4.69) is 21.4 Å². The smallest absolute Gasteiger partial charge is 0.337 e. The molecule has 1 aliphatic heterocycles. The van der Waals surface area contributed by atoms with Crippen molar-refractivity contribution in [1.82, 2.24) is 19.4 Å². The lowest BCUT2D eigenvalue weighted by Crippen LogP contribution is -2.50. The van der Waals surface area contributed by atoms with E-state index in [-0.39, 0.29) is 36.1 Å². The van der Waals surface area contributed by atoms with Gasteiger partial charge in [-0.1, -0.05) is 55.7 Å². The number of hydrogen-bond acceptors (Lipinski definition) is 9. The van der Waals surface area contributed by atoms with Gasteiger partial charge >= 0.3 is 5.97 Å². The first kappa shape index (κ1) is 30.2. The monoisotopic (exact) mass is 607 g/mol. The van der Waals surface area contributed by atoms with Crippen molar-refractivity contribution in [2.75, 3.05) is 26.0 Å². The Labute approximate surface area is 262 Å². The van der Waals surface area contributed by atoms with Gasteiger partial charge in [0, 0.05) is 32.6 Å². The number of anilines is 1. The fourth-order valence-electron chi connectivity index (χ4n) is 6.39. The van der Waals surface area contributed by atoms with Gasteiger partial charge in [0.25, 0.3) is 5.91 Å². The van der Waals surface area contributed by atoms with Gasteiger partial charge in [-0.15, -0.1) is 0 Å². The summed E-state index contributed by atoms with van der Waals surface area (Å²) in [6, 6.07) is 19.3.